The summed E-state index contributed by atoms with van der Waals surface area (Å²) in [5, 5.41) is 2.93. The molecule has 1 aromatic carbocycles. The van der Waals surface area contributed by atoms with Gasteiger partial charge in [0.2, 0.25) is 5.91 Å². The van der Waals surface area contributed by atoms with Crippen molar-refractivity contribution in [1.82, 2.24) is 15.2 Å². The predicted octanol–water partition coefficient (Wildman–Crippen LogP) is 2.46. The highest BCUT2D eigenvalue weighted by Crippen LogP contribution is 2.28. The number of nitrogens with one attached hydrogen (secondary N) is 1. The van der Waals surface area contributed by atoms with Crippen molar-refractivity contribution in [3.05, 3.63) is 24.3 Å². The minimum absolute atomic E-state index is 0.0769. The van der Waals surface area contributed by atoms with Crippen LogP contribution < -0.4 is 5.32 Å². The smallest absolute Gasteiger partial charge is 0.230 e. The van der Waals surface area contributed by atoms with Crippen molar-refractivity contribution in [3.63, 3.8) is 0 Å². The van der Waals surface area contributed by atoms with E-state index in [2.05, 4.69) is 21.3 Å². The molecule has 0 atom stereocenters. The normalized spacial score (nSPS) is 11.2. The Kier molecular flexibility index (Phi) is 5.82. The van der Waals surface area contributed by atoms with Gasteiger partial charge in [-0.25, -0.2) is 4.98 Å². The zero-order valence-corrected chi connectivity index (χ0v) is 13.4. The van der Waals surface area contributed by atoms with Crippen molar-refractivity contribution < 1.29 is 4.79 Å². The second-order valence-corrected chi connectivity index (χ2v) is 7.00. The molecular formula is C14H19N3OS2. The maximum Gasteiger partial charge on any atom is 0.230 e. The average molecular weight is 309 g/mol. The van der Waals surface area contributed by atoms with Crippen molar-refractivity contribution in [2.24, 2.45) is 0 Å². The van der Waals surface area contributed by atoms with E-state index in [0.717, 1.165) is 29.4 Å². The van der Waals surface area contributed by atoms with Gasteiger partial charge in [-0.3, -0.25) is 4.79 Å². The third-order valence-electron chi connectivity index (χ3n) is 2.71. The summed E-state index contributed by atoms with van der Waals surface area (Å²) in [6.07, 6.45) is 0.977. The number of rotatable bonds is 7. The first-order valence-electron chi connectivity index (χ1n) is 6.55. The fourth-order valence-electron chi connectivity index (χ4n) is 1.71. The zero-order valence-electron chi connectivity index (χ0n) is 11.8. The first-order chi connectivity index (χ1) is 9.65. The average Bonchev–Trinajstić information content (AvgIpc) is 2.84. The predicted molar refractivity (Wildman–Crippen MR) is 86.5 cm³/mol. The van der Waals surface area contributed by atoms with Crippen molar-refractivity contribution >= 4 is 39.2 Å². The van der Waals surface area contributed by atoms with Crippen molar-refractivity contribution in [3.8, 4) is 0 Å². The van der Waals surface area contributed by atoms with Crippen LogP contribution in [0.25, 0.3) is 10.2 Å². The lowest BCUT2D eigenvalue weighted by Gasteiger charge is -2.09. The van der Waals surface area contributed by atoms with Crippen LogP contribution in [-0.4, -0.2) is 48.7 Å². The first-order valence-corrected chi connectivity index (χ1v) is 8.35. The van der Waals surface area contributed by atoms with E-state index in [4.69, 9.17) is 0 Å². The van der Waals surface area contributed by atoms with Crippen LogP contribution in [0.2, 0.25) is 0 Å². The molecule has 0 fully saturated rings. The Labute approximate surface area is 127 Å². The molecule has 4 nitrogen and oxygen atoms in total. The van der Waals surface area contributed by atoms with Crippen molar-refractivity contribution in [2.45, 2.75) is 10.8 Å². The topological polar surface area (TPSA) is 45.2 Å². The van der Waals surface area contributed by atoms with E-state index in [1.807, 2.05) is 32.3 Å². The molecule has 0 aliphatic carbocycles. The Morgan fingerprint density at radius 1 is 1.40 bits per heavy atom. The lowest BCUT2D eigenvalue weighted by atomic mass is 10.3. The number of amides is 1. The van der Waals surface area contributed by atoms with E-state index < -0.39 is 0 Å². The number of benzene rings is 1. The second kappa shape index (κ2) is 7.61. The van der Waals surface area contributed by atoms with E-state index in [-0.39, 0.29) is 5.91 Å². The summed E-state index contributed by atoms with van der Waals surface area (Å²) in [7, 11) is 4.07. The van der Waals surface area contributed by atoms with Gasteiger partial charge in [0.05, 0.1) is 16.0 Å². The van der Waals surface area contributed by atoms with Gasteiger partial charge in [-0.2, -0.15) is 0 Å². The van der Waals surface area contributed by atoms with E-state index in [0.29, 0.717) is 5.75 Å². The number of aromatic nitrogens is 1. The van der Waals surface area contributed by atoms with Gasteiger partial charge >= 0.3 is 0 Å². The SMILES string of the molecule is CN(C)CCCNC(=O)CSc1nc2ccccc2s1. The van der Waals surface area contributed by atoms with E-state index in [1.54, 1.807) is 11.3 Å². The summed E-state index contributed by atoms with van der Waals surface area (Å²) < 4.78 is 2.12. The molecule has 1 N–H and O–H groups in total. The quantitative estimate of drug-likeness (QED) is 0.630. The fourth-order valence-corrected chi connectivity index (χ4v) is 3.61. The minimum Gasteiger partial charge on any atom is -0.355 e. The van der Waals surface area contributed by atoms with Crippen LogP contribution in [0.3, 0.4) is 0 Å². The fraction of sp³-hybridized carbons (Fsp3) is 0.429. The molecule has 0 aliphatic rings. The van der Waals surface area contributed by atoms with Gasteiger partial charge in [-0.1, -0.05) is 23.9 Å². The van der Waals surface area contributed by atoms with Crippen LogP contribution in [0.15, 0.2) is 28.6 Å². The van der Waals surface area contributed by atoms with Gasteiger partial charge in [0, 0.05) is 6.54 Å². The highest BCUT2D eigenvalue weighted by molar-refractivity contribution is 8.01. The largest absolute Gasteiger partial charge is 0.355 e. The number of para-hydroxylation sites is 1. The summed E-state index contributed by atoms with van der Waals surface area (Å²) in [4.78, 5) is 18.3. The van der Waals surface area contributed by atoms with Crippen LogP contribution in [0.5, 0.6) is 0 Å². The molecule has 0 aliphatic heterocycles. The first kappa shape index (κ1) is 15.3. The van der Waals surface area contributed by atoms with Gasteiger partial charge in [-0.15, -0.1) is 11.3 Å². The number of thiazole rings is 1. The molecule has 0 unspecified atom stereocenters. The maximum atomic E-state index is 11.7. The molecule has 6 heteroatoms. The zero-order chi connectivity index (χ0) is 14.4. The standard InChI is InChI=1S/C14H19N3OS2/c1-17(2)9-5-8-15-13(18)10-19-14-16-11-6-3-4-7-12(11)20-14/h3-4,6-7H,5,8-10H2,1-2H3,(H,15,18). The monoisotopic (exact) mass is 309 g/mol. The van der Waals surface area contributed by atoms with Crippen LogP contribution >= 0.6 is 23.1 Å². The Balaban J connectivity index is 1.73. The van der Waals surface area contributed by atoms with Gasteiger partial charge in [0.1, 0.15) is 0 Å². The highest BCUT2D eigenvalue weighted by atomic mass is 32.2. The Morgan fingerprint density at radius 3 is 2.95 bits per heavy atom. The van der Waals surface area contributed by atoms with Crippen LogP contribution in [0, 0.1) is 0 Å². The molecule has 0 saturated carbocycles. The summed E-state index contributed by atoms with van der Waals surface area (Å²) in [6.45, 7) is 1.72. The molecule has 2 aromatic rings. The van der Waals surface area contributed by atoms with E-state index in [9.17, 15) is 4.79 Å². The molecule has 2 rings (SSSR count). The van der Waals surface area contributed by atoms with Gasteiger partial charge < -0.3 is 10.2 Å². The molecule has 1 heterocycles. The third-order valence-corrected chi connectivity index (χ3v) is 4.88. The molecule has 1 amide bonds. The number of hydrogen-bond donors (Lipinski definition) is 1. The number of hydrogen-bond acceptors (Lipinski definition) is 5. The molecule has 1 aromatic heterocycles. The summed E-state index contributed by atoms with van der Waals surface area (Å²) in [5.74, 6) is 0.509. The highest BCUT2D eigenvalue weighted by Gasteiger charge is 2.07. The summed E-state index contributed by atoms with van der Waals surface area (Å²) in [5.41, 5.74) is 1.01. The minimum atomic E-state index is 0.0769. The Morgan fingerprint density at radius 2 is 2.20 bits per heavy atom. The molecule has 108 valence electrons. The number of thioether (sulfide) groups is 1. The lowest BCUT2D eigenvalue weighted by Crippen LogP contribution is -2.28. The summed E-state index contributed by atoms with van der Waals surface area (Å²) in [6, 6.07) is 8.04. The van der Waals surface area contributed by atoms with Crippen LogP contribution in [0.1, 0.15) is 6.42 Å². The van der Waals surface area contributed by atoms with Crippen LogP contribution in [0.4, 0.5) is 0 Å². The summed E-state index contributed by atoms with van der Waals surface area (Å²) >= 11 is 3.14. The van der Waals surface area contributed by atoms with Crippen molar-refractivity contribution in [2.75, 3.05) is 32.9 Å². The van der Waals surface area contributed by atoms with Crippen molar-refractivity contribution in [1.29, 1.82) is 0 Å². The maximum absolute atomic E-state index is 11.7. The molecule has 0 radical (unpaired) electrons. The van der Waals surface area contributed by atoms with Gasteiger partial charge in [-0.05, 0) is 39.2 Å². The van der Waals surface area contributed by atoms with Crippen LogP contribution in [-0.2, 0) is 4.79 Å². The number of nitrogens with zero attached hydrogens (tertiary/aromatic N) is 2. The van der Waals surface area contributed by atoms with E-state index >= 15 is 0 Å². The Bertz CT molecular complexity index is 535. The molecule has 0 bridgehead atoms. The molecule has 0 saturated heterocycles. The number of fused-ring (bicyclic) bond motifs is 1. The molecule has 20 heavy (non-hydrogen) atoms. The molecular weight excluding hydrogens is 290 g/mol. The number of carbonyl (C=O) groups excluding carboxylic acids is 1. The lowest BCUT2D eigenvalue weighted by molar-refractivity contribution is -0.118. The number of carbonyl (C=O) groups is 1. The van der Waals surface area contributed by atoms with Gasteiger partial charge in [0.15, 0.2) is 4.34 Å². The third kappa shape index (κ3) is 4.77. The molecule has 0 spiro atoms. The van der Waals surface area contributed by atoms with E-state index in [1.165, 1.54) is 16.5 Å². The van der Waals surface area contributed by atoms with Gasteiger partial charge in [0.25, 0.3) is 0 Å². The second-order valence-electron chi connectivity index (χ2n) is 4.74. The Hall–Kier alpha value is -1.11.